The average molecular weight is 599 g/mol. The maximum absolute atomic E-state index is 12.3. The highest BCUT2D eigenvalue weighted by Gasteiger charge is 2.55. The molecule has 0 unspecified atom stereocenters. The normalized spacial score (nSPS) is 23.3. The number of aromatic nitrogens is 3. The zero-order valence-corrected chi connectivity index (χ0v) is 23.3. The van der Waals surface area contributed by atoms with Crippen molar-refractivity contribution in [3.05, 3.63) is 60.8 Å². The number of rotatable bonds is 13. The van der Waals surface area contributed by atoms with Crippen LogP contribution < -0.4 is 5.32 Å². The number of ether oxygens (including phenoxy) is 2. The lowest BCUT2D eigenvalue weighted by molar-refractivity contribution is -0.311. The Bertz CT molecular complexity index is 1400. The summed E-state index contributed by atoms with van der Waals surface area (Å²) in [5.74, 6) is -6.11. The number of hydrogen-bond acceptors (Lipinski definition) is 10. The minimum Gasteiger partial charge on any atom is -0.481 e. The molecule has 2 aromatic carbocycles. The van der Waals surface area contributed by atoms with Crippen LogP contribution in [0.3, 0.4) is 0 Å². The largest absolute Gasteiger partial charge is 0.481 e. The highest BCUT2D eigenvalue weighted by atomic mass is 16.7. The molecule has 230 valence electrons. The number of benzene rings is 2. The van der Waals surface area contributed by atoms with Gasteiger partial charge in [0.1, 0.15) is 17.9 Å². The first-order valence-electron chi connectivity index (χ1n) is 13.6. The van der Waals surface area contributed by atoms with Gasteiger partial charge in [0.25, 0.3) is 5.79 Å². The Balaban J connectivity index is 1.39. The minimum absolute atomic E-state index is 0.175. The third kappa shape index (κ3) is 7.80. The quantitative estimate of drug-likeness (QED) is 0.150. The van der Waals surface area contributed by atoms with Crippen molar-refractivity contribution >= 4 is 17.8 Å². The summed E-state index contributed by atoms with van der Waals surface area (Å²) in [5.41, 5.74) is 3.65. The summed E-state index contributed by atoms with van der Waals surface area (Å²) in [5, 5.41) is 61.2. The number of carboxylic acid groups (broad SMARTS) is 2. The molecule has 0 radical (unpaired) electrons. The number of amides is 1. The van der Waals surface area contributed by atoms with Gasteiger partial charge in [-0.15, -0.1) is 5.10 Å². The second kappa shape index (κ2) is 13.8. The van der Waals surface area contributed by atoms with E-state index in [2.05, 4.69) is 15.6 Å². The molecule has 1 aliphatic rings. The van der Waals surface area contributed by atoms with E-state index in [0.717, 1.165) is 23.6 Å². The molecule has 1 fully saturated rings. The fraction of sp³-hybridized carbons (Fsp3) is 0.414. The summed E-state index contributed by atoms with van der Waals surface area (Å²) in [6.45, 7) is 1.26. The monoisotopic (exact) mass is 598 g/mol. The number of aliphatic hydroxyl groups excluding tert-OH is 3. The van der Waals surface area contributed by atoms with Gasteiger partial charge < -0.3 is 40.3 Å². The zero-order chi connectivity index (χ0) is 31.1. The molecule has 14 heteroatoms. The van der Waals surface area contributed by atoms with Gasteiger partial charge in [0.05, 0.1) is 37.5 Å². The summed E-state index contributed by atoms with van der Waals surface area (Å²) in [6, 6.07) is 16.4. The van der Waals surface area contributed by atoms with Crippen molar-refractivity contribution in [3.63, 3.8) is 0 Å². The summed E-state index contributed by atoms with van der Waals surface area (Å²) in [6.07, 6.45) is -6.64. The first-order chi connectivity index (χ1) is 20.5. The molecule has 43 heavy (non-hydrogen) atoms. The molecule has 6 atom stereocenters. The molecule has 4 rings (SSSR count). The number of carbonyl (C=O) groups excluding carboxylic acids is 1. The van der Waals surface area contributed by atoms with Crippen molar-refractivity contribution in [2.24, 2.45) is 0 Å². The van der Waals surface area contributed by atoms with Gasteiger partial charge in [0.2, 0.25) is 5.91 Å². The van der Waals surface area contributed by atoms with Crippen LogP contribution in [0, 0.1) is 0 Å². The summed E-state index contributed by atoms with van der Waals surface area (Å²) >= 11 is 0. The Morgan fingerprint density at radius 1 is 1.07 bits per heavy atom. The van der Waals surface area contributed by atoms with E-state index < -0.39 is 66.9 Å². The Morgan fingerprint density at radius 3 is 2.35 bits per heavy atom. The lowest BCUT2D eigenvalue weighted by atomic mass is 9.88. The van der Waals surface area contributed by atoms with Gasteiger partial charge in [-0.25, -0.2) is 4.79 Å². The number of hydrogen-bond donors (Lipinski definition) is 6. The van der Waals surface area contributed by atoms with E-state index in [0.29, 0.717) is 12.2 Å². The fourth-order valence-corrected chi connectivity index (χ4v) is 4.94. The number of nitrogens with zero attached hydrogens (tertiary/aromatic N) is 3. The van der Waals surface area contributed by atoms with Crippen molar-refractivity contribution in [2.75, 3.05) is 6.61 Å². The Kier molecular flexibility index (Phi) is 10.2. The molecular weight excluding hydrogens is 564 g/mol. The molecule has 3 aromatic rings. The van der Waals surface area contributed by atoms with Crippen LogP contribution in [0.2, 0.25) is 0 Å². The smallest absolute Gasteiger partial charge is 0.364 e. The molecule has 1 aliphatic heterocycles. The molecule has 1 aromatic heterocycles. The van der Waals surface area contributed by atoms with Crippen molar-refractivity contribution in [1.82, 2.24) is 20.3 Å². The second-order valence-electron chi connectivity index (χ2n) is 10.3. The summed E-state index contributed by atoms with van der Waals surface area (Å²) in [7, 11) is 0. The number of nitrogens with one attached hydrogen (secondary N) is 1. The molecule has 2 heterocycles. The van der Waals surface area contributed by atoms with Crippen LogP contribution >= 0.6 is 0 Å². The first-order valence-corrected chi connectivity index (χ1v) is 13.6. The van der Waals surface area contributed by atoms with E-state index in [1.807, 2.05) is 54.6 Å². The Morgan fingerprint density at radius 2 is 1.72 bits per heavy atom. The van der Waals surface area contributed by atoms with Gasteiger partial charge in [0.15, 0.2) is 0 Å². The van der Waals surface area contributed by atoms with Crippen LogP contribution in [0.1, 0.15) is 26.2 Å². The number of aryl methyl sites for hydroxylation is 1. The maximum Gasteiger partial charge on any atom is 0.364 e. The van der Waals surface area contributed by atoms with E-state index in [-0.39, 0.29) is 13.0 Å². The Hall–Kier alpha value is -4.21. The minimum atomic E-state index is -2.45. The number of carbonyl (C=O) groups is 3. The number of aliphatic carboxylic acids is 2. The predicted octanol–water partition coefficient (Wildman–Crippen LogP) is 0.651. The van der Waals surface area contributed by atoms with Gasteiger partial charge in [-0.1, -0.05) is 59.8 Å². The standard InChI is InChI=1S/C29H34N4O10/c1-17(34)30-25-23(36)15-29(28(40)41,43-27(25)26(39)22(35)14-24(37)38)42-13-5-12-33-16-21(31-32-33)20-10-8-19(9-11-20)18-6-3-2-4-7-18/h2-4,6-11,16,22-23,25-27,35-36,39H,5,12-15H2,1H3,(H,30,34)(H,37,38)(H,40,41)/t22-,23+,25-,26-,27-,29-/m1/s1. The van der Waals surface area contributed by atoms with Crippen LogP contribution in [0.25, 0.3) is 22.4 Å². The second-order valence-corrected chi connectivity index (χ2v) is 10.3. The third-order valence-electron chi connectivity index (χ3n) is 7.08. The molecule has 6 N–H and O–H groups in total. The highest BCUT2D eigenvalue weighted by Crippen LogP contribution is 2.34. The molecule has 1 saturated heterocycles. The highest BCUT2D eigenvalue weighted by molar-refractivity contribution is 5.76. The molecule has 0 bridgehead atoms. The maximum atomic E-state index is 12.3. The number of carboxylic acids is 2. The van der Waals surface area contributed by atoms with Crippen LogP contribution in [-0.4, -0.2) is 101 Å². The van der Waals surface area contributed by atoms with Gasteiger partial charge in [-0.2, -0.15) is 0 Å². The number of aliphatic hydroxyl groups is 3. The first kappa shape index (κ1) is 31.7. The van der Waals surface area contributed by atoms with Gasteiger partial charge in [0, 0.05) is 25.5 Å². The molecular formula is C29H34N4O10. The van der Waals surface area contributed by atoms with E-state index in [1.165, 1.54) is 0 Å². The van der Waals surface area contributed by atoms with E-state index in [4.69, 9.17) is 14.6 Å². The fourth-order valence-electron chi connectivity index (χ4n) is 4.94. The lowest BCUT2D eigenvalue weighted by Gasteiger charge is -2.46. The molecule has 0 saturated carbocycles. The van der Waals surface area contributed by atoms with Gasteiger partial charge in [-0.3, -0.25) is 14.3 Å². The molecule has 0 spiro atoms. The predicted molar refractivity (Wildman–Crippen MR) is 149 cm³/mol. The van der Waals surface area contributed by atoms with Crippen molar-refractivity contribution < 1.29 is 49.4 Å². The van der Waals surface area contributed by atoms with Crippen molar-refractivity contribution in [2.45, 2.75) is 69.0 Å². The van der Waals surface area contributed by atoms with Gasteiger partial charge >= 0.3 is 11.9 Å². The van der Waals surface area contributed by atoms with Crippen LogP contribution in [-0.2, 0) is 30.4 Å². The molecule has 0 aliphatic carbocycles. The summed E-state index contributed by atoms with van der Waals surface area (Å²) < 4.78 is 12.8. The lowest BCUT2D eigenvalue weighted by Crippen LogP contribution is -2.67. The van der Waals surface area contributed by atoms with E-state index >= 15 is 0 Å². The van der Waals surface area contributed by atoms with Crippen LogP contribution in [0.15, 0.2) is 60.8 Å². The molecule has 1 amide bonds. The van der Waals surface area contributed by atoms with E-state index in [9.17, 15) is 34.8 Å². The zero-order valence-electron chi connectivity index (χ0n) is 23.3. The van der Waals surface area contributed by atoms with Crippen molar-refractivity contribution in [1.29, 1.82) is 0 Å². The topological polar surface area (TPSA) is 214 Å². The van der Waals surface area contributed by atoms with Gasteiger partial charge in [-0.05, 0) is 17.5 Å². The SMILES string of the molecule is CC(=O)N[C@H]1[C@H]([C@H](O)[C@H](O)CC(=O)O)O[C@@](OCCCn2cc(-c3ccc(-c4ccccc4)cc3)nn2)(C(=O)O)C[C@@H]1O. The van der Waals surface area contributed by atoms with Crippen LogP contribution in [0.5, 0.6) is 0 Å². The van der Waals surface area contributed by atoms with Crippen molar-refractivity contribution in [3.8, 4) is 22.4 Å². The Labute approximate surface area is 246 Å². The molecule has 14 nitrogen and oxygen atoms in total. The third-order valence-corrected chi connectivity index (χ3v) is 7.08. The average Bonchev–Trinajstić information content (AvgIpc) is 3.45. The van der Waals surface area contributed by atoms with Crippen LogP contribution in [0.4, 0.5) is 0 Å². The van der Waals surface area contributed by atoms with E-state index in [1.54, 1.807) is 10.9 Å². The summed E-state index contributed by atoms with van der Waals surface area (Å²) in [4.78, 5) is 35.0.